The molecule has 0 atom stereocenters. The highest BCUT2D eigenvalue weighted by molar-refractivity contribution is 6.19. The van der Waals surface area contributed by atoms with Crippen molar-refractivity contribution in [3.05, 3.63) is 29.3 Å². The molecule has 0 bridgehead atoms. The van der Waals surface area contributed by atoms with E-state index in [0.29, 0.717) is 17.1 Å². The van der Waals surface area contributed by atoms with E-state index in [9.17, 15) is 9.59 Å². The van der Waals surface area contributed by atoms with Crippen molar-refractivity contribution in [2.75, 3.05) is 13.7 Å². The van der Waals surface area contributed by atoms with Gasteiger partial charge in [0.05, 0.1) is 7.11 Å². The molecule has 0 amide bonds. The zero-order valence-corrected chi connectivity index (χ0v) is 12.9. The summed E-state index contributed by atoms with van der Waals surface area (Å²) >= 11 is 0. The van der Waals surface area contributed by atoms with E-state index >= 15 is 0 Å². The van der Waals surface area contributed by atoms with E-state index in [-0.39, 0.29) is 12.2 Å². The maximum Gasteiger partial charge on any atom is 0.348 e. The van der Waals surface area contributed by atoms with Crippen molar-refractivity contribution in [2.45, 2.75) is 19.6 Å². The van der Waals surface area contributed by atoms with Gasteiger partial charge in [-0.1, -0.05) is 0 Å². The maximum atomic E-state index is 12.0. The maximum absolute atomic E-state index is 12.0. The molecular weight excluding hydrogens is 302 g/mol. The largest absolute Gasteiger partial charge is 0.497 e. The zero-order chi connectivity index (χ0) is 17.0. The Balaban J connectivity index is 2.40. The monoisotopic (exact) mass is 317 g/mol. The third kappa shape index (κ3) is 3.80. The van der Waals surface area contributed by atoms with Gasteiger partial charge < -0.3 is 18.9 Å². The van der Waals surface area contributed by atoms with Gasteiger partial charge in [0.2, 0.25) is 0 Å². The van der Waals surface area contributed by atoms with Crippen LogP contribution in [0.15, 0.2) is 23.8 Å². The van der Waals surface area contributed by atoms with E-state index in [1.165, 1.54) is 27.0 Å². The van der Waals surface area contributed by atoms with Crippen LogP contribution in [0.2, 0.25) is 0 Å². The van der Waals surface area contributed by atoms with Crippen LogP contribution < -0.4 is 9.47 Å². The molecule has 120 valence electrons. The van der Waals surface area contributed by atoms with Crippen molar-refractivity contribution < 1.29 is 28.5 Å². The summed E-state index contributed by atoms with van der Waals surface area (Å²) in [7, 11) is 1.49. The summed E-state index contributed by atoms with van der Waals surface area (Å²) in [4.78, 5) is 23.9. The van der Waals surface area contributed by atoms with Crippen LogP contribution in [0.3, 0.4) is 0 Å². The Hall–Kier alpha value is -3.01. The lowest BCUT2D eigenvalue weighted by atomic mass is 10.1. The Morgan fingerprint density at radius 3 is 2.48 bits per heavy atom. The molecule has 1 aliphatic heterocycles. The minimum absolute atomic E-state index is 0.189. The lowest BCUT2D eigenvalue weighted by Gasteiger charge is -2.29. The minimum atomic E-state index is -1.30. The molecule has 0 N–H and O–H groups in total. The number of carbonyl (C=O) groups excluding carboxylic acids is 2. The highest BCUT2D eigenvalue weighted by atomic mass is 16.7. The van der Waals surface area contributed by atoms with Gasteiger partial charge in [0.15, 0.2) is 6.61 Å². The third-order valence-corrected chi connectivity index (χ3v) is 2.93. The fourth-order valence-corrected chi connectivity index (χ4v) is 1.93. The highest BCUT2D eigenvalue weighted by Crippen LogP contribution is 2.29. The first kappa shape index (κ1) is 16.4. The molecular formula is C16H15NO6. The van der Waals surface area contributed by atoms with Gasteiger partial charge in [-0.2, -0.15) is 5.26 Å². The summed E-state index contributed by atoms with van der Waals surface area (Å²) in [5, 5.41) is 8.64. The highest BCUT2D eigenvalue weighted by Gasteiger charge is 2.39. The molecule has 0 radical (unpaired) electrons. The standard InChI is InChI=1S/C16H15NO6/c1-16(2)22-14(18)12(15(19)23-16)8-10-4-5-11(20-3)9-13(10)21-7-6-17/h4-5,8-9H,7H2,1-3H3. The molecule has 1 fully saturated rings. The number of esters is 2. The number of ether oxygens (including phenoxy) is 4. The smallest absolute Gasteiger partial charge is 0.348 e. The van der Waals surface area contributed by atoms with E-state index in [1.54, 1.807) is 18.2 Å². The van der Waals surface area contributed by atoms with Crippen LogP contribution in [-0.4, -0.2) is 31.4 Å². The van der Waals surface area contributed by atoms with Crippen molar-refractivity contribution in [1.29, 1.82) is 5.26 Å². The van der Waals surface area contributed by atoms with Gasteiger partial charge in [0.1, 0.15) is 23.1 Å². The van der Waals surface area contributed by atoms with Crippen LogP contribution in [-0.2, 0) is 19.1 Å². The Labute approximate surface area is 133 Å². The molecule has 7 nitrogen and oxygen atoms in total. The molecule has 1 heterocycles. The Bertz CT molecular complexity index is 692. The van der Waals surface area contributed by atoms with Crippen molar-refractivity contribution in [2.24, 2.45) is 0 Å². The Kier molecular flexibility index (Phi) is 4.55. The molecule has 23 heavy (non-hydrogen) atoms. The van der Waals surface area contributed by atoms with Gasteiger partial charge in [0.25, 0.3) is 5.79 Å². The summed E-state index contributed by atoms with van der Waals surface area (Å²) in [6.45, 7) is 2.74. The van der Waals surface area contributed by atoms with Gasteiger partial charge >= 0.3 is 11.9 Å². The molecule has 0 aliphatic carbocycles. The summed E-state index contributed by atoms with van der Waals surface area (Å²) < 4.78 is 20.4. The van der Waals surface area contributed by atoms with Crippen molar-refractivity contribution in [3.63, 3.8) is 0 Å². The third-order valence-electron chi connectivity index (χ3n) is 2.93. The van der Waals surface area contributed by atoms with Crippen molar-refractivity contribution in [1.82, 2.24) is 0 Å². The van der Waals surface area contributed by atoms with Crippen molar-refractivity contribution in [3.8, 4) is 17.6 Å². The van der Waals surface area contributed by atoms with Crippen LogP contribution in [0.4, 0.5) is 0 Å². The van der Waals surface area contributed by atoms with Crippen LogP contribution in [0, 0.1) is 11.3 Å². The molecule has 2 rings (SSSR count). The SMILES string of the molecule is COc1ccc(C=C2C(=O)OC(C)(C)OC2=O)c(OCC#N)c1. The number of nitriles is 1. The lowest BCUT2D eigenvalue weighted by Crippen LogP contribution is -2.41. The normalized spacial score (nSPS) is 16.0. The molecule has 1 saturated heterocycles. The summed E-state index contributed by atoms with van der Waals surface area (Å²) in [6, 6.07) is 6.62. The average molecular weight is 317 g/mol. The second-order valence-corrected chi connectivity index (χ2v) is 5.09. The number of rotatable bonds is 4. The number of benzene rings is 1. The molecule has 7 heteroatoms. The van der Waals surface area contributed by atoms with Crippen LogP contribution >= 0.6 is 0 Å². The minimum Gasteiger partial charge on any atom is -0.497 e. The topological polar surface area (TPSA) is 94.8 Å². The van der Waals surface area contributed by atoms with Crippen molar-refractivity contribution >= 4 is 18.0 Å². The number of hydrogen-bond donors (Lipinski definition) is 0. The van der Waals surface area contributed by atoms with E-state index < -0.39 is 17.7 Å². The van der Waals surface area contributed by atoms with E-state index in [2.05, 4.69) is 0 Å². The molecule has 0 aromatic heterocycles. The summed E-state index contributed by atoms with van der Waals surface area (Å²) in [5.74, 6) is -2.06. The quantitative estimate of drug-likeness (QED) is 0.475. The van der Waals surface area contributed by atoms with E-state index in [0.717, 1.165) is 0 Å². The predicted octanol–water partition coefficient (Wildman–Crippen LogP) is 1.82. The molecule has 0 saturated carbocycles. The number of carbonyl (C=O) groups is 2. The molecule has 1 aromatic carbocycles. The number of nitrogens with zero attached hydrogens (tertiary/aromatic N) is 1. The molecule has 1 aromatic rings. The second-order valence-electron chi connectivity index (χ2n) is 5.09. The molecule has 0 unspecified atom stereocenters. The van der Waals surface area contributed by atoms with Gasteiger partial charge in [-0.25, -0.2) is 9.59 Å². The van der Waals surface area contributed by atoms with Gasteiger partial charge in [-0.3, -0.25) is 0 Å². The fraction of sp³-hybridized carbons (Fsp3) is 0.312. The first-order valence-electron chi connectivity index (χ1n) is 6.72. The summed E-state index contributed by atoms with van der Waals surface area (Å²) in [5.41, 5.74) is 0.168. The predicted molar refractivity (Wildman–Crippen MR) is 78.3 cm³/mol. The molecule has 1 aliphatic rings. The number of hydrogen-bond acceptors (Lipinski definition) is 7. The second kappa shape index (κ2) is 6.40. The van der Waals surface area contributed by atoms with E-state index in [4.69, 9.17) is 24.2 Å². The lowest BCUT2D eigenvalue weighted by molar-refractivity contribution is -0.222. The Morgan fingerprint density at radius 2 is 1.91 bits per heavy atom. The van der Waals surface area contributed by atoms with Crippen LogP contribution in [0.1, 0.15) is 19.4 Å². The first-order valence-corrected chi connectivity index (χ1v) is 6.72. The van der Waals surface area contributed by atoms with Gasteiger partial charge in [-0.15, -0.1) is 0 Å². The Morgan fingerprint density at radius 1 is 1.26 bits per heavy atom. The summed E-state index contributed by atoms with van der Waals surface area (Å²) in [6.07, 6.45) is 1.30. The number of cyclic esters (lactones) is 2. The van der Waals surface area contributed by atoms with E-state index in [1.807, 2.05) is 6.07 Å². The number of methoxy groups -OCH3 is 1. The average Bonchev–Trinajstić information content (AvgIpc) is 2.48. The van der Waals surface area contributed by atoms with Crippen LogP contribution in [0.5, 0.6) is 11.5 Å². The molecule has 0 spiro atoms. The first-order chi connectivity index (χ1) is 10.9. The fourth-order valence-electron chi connectivity index (χ4n) is 1.93. The van der Waals surface area contributed by atoms with Gasteiger partial charge in [0, 0.05) is 25.5 Å². The van der Waals surface area contributed by atoms with Gasteiger partial charge in [-0.05, 0) is 18.2 Å². The van der Waals surface area contributed by atoms with Crippen LogP contribution in [0.25, 0.3) is 6.08 Å². The zero-order valence-electron chi connectivity index (χ0n) is 12.9.